The molecule has 0 aromatic carbocycles. The Hall–Kier alpha value is -0.520. The van der Waals surface area contributed by atoms with E-state index >= 15 is 0 Å². The van der Waals surface area contributed by atoms with Crippen molar-refractivity contribution in [2.45, 2.75) is 44.9 Å². The van der Waals surface area contributed by atoms with Gasteiger partial charge in [0.2, 0.25) is 0 Å². The van der Waals surface area contributed by atoms with Gasteiger partial charge in [0.1, 0.15) is 0 Å². The SMILES string of the molecule is C1=CC[C](CC2=CCCCC2)C1. The summed E-state index contributed by atoms with van der Waals surface area (Å²) in [5.41, 5.74) is 1.71. The molecule has 2 aliphatic rings. The van der Waals surface area contributed by atoms with Crippen LogP contribution in [0.2, 0.25) is 0 Å². The van der Waals surface area contributed by atoms with E-state index in [2.05, 4.69) is 18.2 Å². The van der Waals surface area contributed by atoms with E-state index in [9.17, 15) is 0 Å². The molecule has 0 spiro atoms. The number of hydrogen-bond acceptors (Lipinski definition) is 0. The Labute approximate surface area is 75.4 Å². The molecule has 0 aliphatic heterocycles. The second-order valence-corrected chi connectivity index (χ2v) is 3.91. The van der Waals surface area contributed by atoms with E-state index in [4.69, 9.17) is 0 Å². The lowest BCUT2D eigenvalue weighted by Crippen LogP contribution is -1.97. The summed E-state index contributed by atoms with van der Waals surface area (Å²) < 4.78 is 0. The summed E-state index contributed by atoms with van der Waals surface area (Å²) >= 11 is 0. The van der Waals surface area contributed by atoms with Crippen molar-refractivity contribution in [3.05, 3.63) is 29.7 Å². The van der Waals surface area contributed by atoms with Crippen LogP contribution in [-0.2, 0) is 0 Å². The van der Waals surface area contributed by atoms with Crippen LogP contribution in [-0.4, -0.2) is 0 Å². The van der Waals surface area contributed by atoms with E-state index in [1.54, 1.807) is 11.5 Å². The molecular weight excluding hydrogens is 144 g/mol. The Morgan fingerprint density at radius 1 is 1.08 bits per heavy atom. The zero-order valence-electron chi connectivity index (χ0n) is 7.68. The molecule has 65 valence electrons. The smallest absolute Gasteiger partial charge is 0.0126 e. The summed E-state index contributed by atoms with van der Waals surface area (Å²) in [6, 6.07) is 0. The van der Waals surface area contributed by atoms with Crippen LogP contribution in [0.15, 0.2) is 23.8 Å². The van der Waals surface area contributed by atoms with E-state index in [0.717, 1.165) is 0 Å². The van der Waals surface area contributed by atoms with Crippen LogP contribution in [0.5, 0.6) is 0 Å². The first-order chi connectivity index (χ1) is 5.95. The molecule has 2 rings (SSSR count). The number of allylic oxidation sites excluding steroid dienone is 4. The Morgan fingerprint density at radius 2 is 1.92 bits per heavy atom. The molecule has 0 heterocycles. The first kappa shape index (κ1) is 8.10. The van der Waals surface area contributed by atoms with Crippen LogP contribution >= 0.6 is 0 Å². The lowest BCUT2D eigenvalue weighted by atomic mass is 9.90. The van der Waals surface area contributed by atoms with Crippen molar-refractivity contribution < 1.29 is 0 Å². The van der Waals surface area contributed by atoms with Crippen molar-refractivity contribution in [1.82, 2.24) is 0 Å². The highest BCUT2D eigenvalue weighted by atomic mass is 14.2. The molecule has 12 heavy (non-hydrogen) atoms. The first-order valence-corrected chi connectivity index (χ1v) is 5.11. The maximum absolute atomic E-state index is 2.47. The standard InChI is InChI=1S/C12H17/c1-2-6-11(7-3-1)10-12-8-4-5-9-12/h4-6H,1-3,7-10H2. The summed E-state index contributed by atoms with van der Waals surface area (Å²) in [5.74, 6) is 1.73. The van der Waals surface area contributed by atoms with E-state index in [1.165, 1.54) is 44.9 Å². The van der Waals surface area contributed by atoms with Gasteiger partial charge >= 0.3 is 0 Å². The Kier molecular flexibility index (Phi) is 2.65. The first-order valence-electron chi connectivity index (χ1n) is 5.11. The van der Waals surface area contributed by atoms with Crippen molar-refractivity contribution in [2.75, 3.05) is 0 Å². The van der Waals surface area contributed by atoms with Crippen molar-refractivity contribution in [2.24, 2.45) is 0 Å². The summed E-state index contributed by atoms with van der Waals surface area (Å²) in [7, 11) is 0. The van der Waals surface area contributed by atoms with Crippen LogP contribution in [0.1, 0.15) is 44.9 Å². The van der Waals surface area contributed by atoms with Crippen molar-refractivity contribution in [1.29, 1.82) is 0 Å². The second-order valence-electron chi connectivity index (χ2n) is 3.91. The van der Waals surface area contributed by atoms with E-state index in [0.29, 0.717) is 0 Å². The lowest BCUT2D eigenvalue weighted by Gasteiger charge is -2.15. The number of rotatable bonds is 2. The number of hydrogen-bond donors (Lipinski definition) is 0. The van der Waals surface area contributed by atoms with E-state index < -0.39 is 0 Å². The Balaban J connectivity index is 1.81. The van der Waals surface area contributed by atoms with E-state index in [1.807, 2.05) is 0 Å². The molecular formula is C12H17. The fourth-order valence-electron chi connectivity index (χ4n) is 2.11. The minimum absolute atomic E-state index is 1.25. The molecule has 0 saturated carbocycles. The summed E-state index contributed by atoms with van der Waals surface area (Å²) in [5, 5.41) is 0. The average molecular weight is 161 g/mol. The molecule has 0 saturated heterocycles. The molecule has 2 aliphatic carbocycles. The average Bonchev–Trinajstić information content (AvgIpc) is 2.59. The highest BCUT2D eigenvalue weighted by Crippen LogP contribution is 2.31. The lowest BCUT2D eigenvalue weighted by molar-refractivity contribution is 0.670. The third-order valence-electron chi connectivity index (χ3n) is 2.84. The minimum Gasteiger partial charge on any atom is -0.0879 e. The maximum Gasteiger partial charge on any atom is -0.0126 e. The van der Waals surface area contributed by atoms with Gasteiger partial charge in [-0.25, -0.2) is 0 Å². The molecule has 0 amide bonds. The van der Waals surface area contributed by atoms with Crippen LogP contribution in [0.4, 0.5) is 0 Å². The monoisotopic (exact) mass is 161 g/mol. The molecule has 0 heteroatoms. The van der Waals surface area contributed by atoms with Gasteiger partial charge < -0.3 is 0 Å². The van der Waals surface area contributed by atoms with Crippen molar-refractivity contribution >= 4 is 0 Å². The molecule has 0 N–H and O–H groups in total. The van der Waals surface area contributed by atoms with Crippen molar-refractivity contribution in [3.8, 4) is 0 Å². The van der Waals surface area contributed by atoms with E-state index in [-0.39, 0.29) is 0 Å². The summed E-state index contributed by atoms with van der Waals surface area (Å²) in [4.78, 5) is 0. The molecule has 0 atom stereocenters. The molecule has 0 bridgehead atoms. The third kappa shape index (κ3) is 2.00. The highest BCUT2D eigenvalue weighted by molar-refractivity contribution is 5.19. The van der Waals surface area contributed by atoms with Gasteiger partial charge in [0.15, 0.2) is 0 Å². The molecule has 0 nitrogen and oxygen atoms in total. The normalized spacial score (nSPS) is 24.5. The molecule has 1 radical (unpaired) electrons. The topological polar surface area (TPSA) is 0 Å². The van der Waals surface area contributed by atoms with Gasteiger partial charge in [-0.3, -0.25) is 0 Å². The maximum atomic E-state index is 2.47. The Bertz CT molecular complexity index is 190. The van der Waals surface area contributed by atoms with Crippen LogP contribution in [0, 0.1) is 5.92 Å². The molecule has 0 aromatic rings. The fraction of sp³-hybridized carbons (Fsp3) is 0.583. The third-order valence-corrected chi connectivity index (χ3v) is 2.84. The van der Waals surface area contributed by atoms with Gasteiger partial charge in [-0.15, -0.1) is 0 Å². The second kappa shape index (κ2) is 3.93. The largest absolute Gasteiger partial charge is 0.0879 e. The summed E-state index contributed by atoms with van der Waals surface area (Å²) in [6.45, 7) is 0. The predicted molar refractivity (Wildman–Crippen MR) is 52.8 cm³/mol. The molecule has 0 aromatic heterocycles. The van der Waals surface area contributed by atoms with Gasteiger partial charge in [0.05, 0.1) is 0 Å². The zero-order chi connectivity index (χ0) is 8.23. The van der Waals surface area contributed by atoms with Gasteiger partial charge in [-0.1, -0.05) is 23.8 Å². The Morgan fingerprint density at radius 3 is 2.58 bits per heavy atom. The fourth-order valence-corrected chi connectivity index (χ4v) is 2.11. The molecule has 0 fully saturated rings. The quantitative estimate of drug-likeness (QED) is 0.540. The summed E-state index contributed by atoms with van der Waals surface area (Å²) in [6.07, 6.45) is 16.4. The zero-order valence-corrected chi connectivity index (χ0v) is 7.68. The minimum atomic E-state index is 1.25. The van der Waals surface area contributed by atoms with Crippen LogP contribution in [0.3, 0.4) is 0 Å². The van der Waals surface area contributed by atoms with Crippen LogP contribution in [0.25, 0.3) is 0 Å². The van der Waals surface area contributed by atoms with Gasteiger partial charge in [-0.05, 0) is 50.9 Å². The van der Waals surface area contributed by atoms with Gasteiger partial charge in [0.25, 0.3) is 0 Å². The molecule has 0 unspecified atom stereocenters. The van der Waals surface area contributed by atoms with Crippen LogP contribution < -0.4 is 0 Å². The van der Waals surface area contributed by atoms with Gasteiger partial charge in [-0.2, -0.15) is 0 Å². The predicted octanol–water partition coefficient (Wildman–Crippen LogP) is 3.80. The van der Waals surface area contributed by atoms with Gasteiger partial charge in [0, 0.05) is 0 Å². The highest BCUT2D eigenvalue weighted by Gasteiger charge is 2.13. The van der Waals surface area contributed by atoms with Crippen molar-refractivity contribution in [3.63, 3.8) is 0 Å².